The van der Waals surface area contributed by atoms with Crippen LogP contribution >= 0.6 is 23.1 Å². The van der Waals surface area contributed by atoms with Crippen molar-refractivity contribution in [2.45, 2.75) is 11.8 Å². The average molecular weight is 434 g/mol. The zero-order chi connectivity index (χ0) is 20.9. The van der Waals surface area contributed by atoms with Crippen LogP contribution in [0.15, 0.2) is 77.0 Å². The summed E-state index contributed by atoms with van der Waals surface area (Å²) in [7, 11) is 0. The number of amides is 2. The number of rotatable bonds is 6. The van der Waals surface area contributed by atoms with Crippen LogP contribution in [0.4, 0.5) is 10.8 Å². The number of nitrogens with one attached hydrogen (secondary N) is 2. The van der Waals surface area contributed by atoms with E-state index in [2.05, 4.69) is 15.6 Å². The van der Waals surface area contributed by atoms with Gasteiger partial charge in [0.1, 0.15) is 0 Å². The topological polar surface area (TPSA) is 71.1 Å². The Bertz CT molecular complexity index is 1220. The predicted octanol–water partition coefficient (Wildman–Crippen LogP) is 5.59. The highest BCUT2D eigenvalue weighted by Crippen LogP contribution is 2.23. The van der Waals surface area contributed by atoms with E-state index >= 15 is 0 Å². The highest BCUT2D eigenvalue weighted by molar-refractivity contribution is 8.00. The molecule has 2 amide bonds. The summed E-state index contributed by atoms with van der Waals surface area (Å²) in [6, 6.07) is 21.1. The fourth-order valence-corrected chi connectivity index (χ4v) is 4.37. The molecule has 0 fully saturated rings. The van der Waals surface area contributed by atoms with Gasteiger partial charge in [-0.2, -0.15) is 0 Å². The Morgan fingerprint density at radius 3 is 2.60 bits per heavy atom. The van der Waals surface area contributed by atoms with Crippen molar-refractivity contribution in [1.82, 2.24) is 4.98 Å². The van der Waals surface area contributed by atoms with Gasteiger partial charge in [0.05, 0.1) is 11.4 Å². The first kappa shape index (κ1) is 20.1. The lowest BCUT2D eigenvalue weighted by atomic mass is 10.1. The molecule has 0 saturated heterocycles. The summed E-state index contributed by atoms with van der Waals surface area (Å²) in [5.41, 5.74) is 2.18. The first-order valence-electron chi connectivity index (χ1n) is 9.32. The molecule has 0 aliphatic carbocycles. The van der Waals surface area contributed by atoms with Crippen molar-refractivity contribution < 1.29 is 9.59 Å². The SMILES string of the molecule is Cc1csc(NC(=O)CSc2cccc(NC(=O)c3ccc4ccccc4c3)c2)n1. The van der Waals surface area contributed by atoms with Crippen LogP contribution in [0.3, 0.4) is 0 Å². The number of benzene rings is 3. The minimum atomic E-state index is -0.167. The van der Waals surface area contributed by atoms with Crippen LogP contribution < -0.4 is 10.6 Å². The molecular formula is C23H19N3O2S2. The number of thiazole rings is 1. The molecule has 150 valence electrons. The molecule has 0 radical (unpaired) electrons. The van der Waals surface area contributed by atoms with Gasteiger partial charge in [0.25, 0.3) is 5.91 Å². The molecular weight excluding hydrogens is 414 g/mol. The van der Waals surface area contributed by atoms with Crippen molar-refractivity contribution >= 4 is 56.5 Å². The standard InChI is InChI=1S/C23H19N3O2S2/c1-15-13-30-23(24-15)26-21(27)14-29-20-8-4-7-19(12-20)25-22(28)18-10-9-16-5-2-3-6-17(16)11-18/h2-13H,14H2,1H3,(H,25,28)(H,24,26,27). The lowest BCUT2D eigenvalue weighted by molar-refractivity contribution is -0.113. The molecule has 0 saturated carbocycles. The molecule has 2 N–H and O–H groups in total. The monoisotopic (exact) mass is 433 g/mol. The lowest BCUT2D eigenvalue weighted by Gasteiger charge is -2.08. The normalized spacial score (nSPS) is 10.7. The Kier molecular flexibility index (Phi) is 6.11. The van der Waals surface area contributed by atoms with E-state index in [9.17, 15) is 9.59 Å². The summed E-state index contributed by atoms with van der Waals surface area (Å²) >= 11 is 2.81. The molecule has 4 aromatic rings. The van der Waals surface area contributed by atoms with E-state index in [0.717, 1.165) is 21.4 Å². The largest absolute Gasteiger partial charge is 0.322 e. The number of aromatic nitrogens is 1. The van der Waals surface area contributed by atoms with Crippen LogP contribution in [0.2, 0.25) is 0 Å². The summed E-state index contributed by atoms with van der Waals surface area (Å²) in [5, 5.41) is 10.3. The van der Waals surface area contributed by atoms with Gasteiger partial charge in [-0.3, -0.25) is 9.59 Å². The molecule has 0 atom stereocenters. The number of thioether (sulfide) groups is 1. The number of hydrogen-bond acceptors (Lipinski definition) is 5. The van der Waals surface area contributed by atoms with E-state index in [4.69, 9.17) is 0 Å². The Hall–Kier alpha value is -3.16. The second-order valence-corrected chi connectivity index (χ2v) is 8.58. The lowest BCUT2D eigenvalue weighted by Crippen LogP contribution is -2.14. The highest BCUT2D eigenvalue weighted by Gasteiger charge is 2.09. The number of carbonyl (C=O) groups excluding carboxylic acids is 2. The average Bonchev–Trinajstić information content (AvgIpc) is 3.16. The number of nitrogens with zero attached hydrogens (tertiary/aromatic N) is 1. The van der Waals surface area contributed by atoms with Gasteiger partial charge in [-0.15, -0.1) is 23.1 Å². The van der Waals surface area contributed by atoms with Crippen LogP contribution in [-0.4, -0.2) is 22.6 Å². The molecule has 0 aliphatic heterocycles. The van der Waals surface area contributed by atoms with E-state index in [1.807, 2.05) is 79.0 Å². The molecule has 3 aromatic carbocycles. The van der Waals surface area contributed by atoms with Gasteiger partial charge in [-0.05, 0) is 48.0 Å². The van der Waals surface area contributed by atoms with Gasteiger partial charge >= 0.3 is 0 Å². The smallest absolute Gasteiger partial charge is 0.255 e. The summed E-state index contributed by atoms with van der Waals surface area (Å²) in [4.78, 5) is 29.9. The Morgan fingerprint density at radius 1 is 0.967 bits per heavy atom. The minimum absolute atomic E-state index is 0.111. The van der Waals surface area contributed by atoms with Crippen molar-refractivity contribution in [2.75, 3.05) is 16.4 Å². The van der Waals surface area contributed by atoms with Crippen molar-refractivity contribution in [3.63, 3.8) is 0 Å². The summed E-state index contributed by atoms with van der Waals surface area (Å²) in [5.74, 6) is -0.0134. The molecule has 30 heavy (non-hydrogen) atoms. The first-order valence-corrected chi connectivity index (χ1v) is 11.2. The summed E-state index contributed by atoms with van der Waals surface area (Å²) in [6.07, 6.45) is 0. The van der Waals surface area contributed by atoms with Gasteiger partial charge < -0.3 is 10.6 Å². The number of fused-ring (bicyclic) bond motifs is 1. The molecule has 0 aliphatic rings. The Labute approximate surface area is 182 Å². The predicted molar refractivity (Wildman–Crippen MR) is 125 cm³/mol. The van der Waals surface area contributed by atoms with E-state index in [-0.39, 0.29) is 17.6 Å². The third-order valence-corrected chi connectivity index (χ3v) is 6.21. The Morgan fingerprint density at radius 2 is 1.80 bits per heavy atom. The quantitative estimate of drug-likeness (QED) is 0.389. The minimum Gasteiger partial charge on any atom is -0.322 e. The number of aryl methyl sites for hydroxylation is 1. The van der Waals surface area contributed by atoms with E-state index in [1.54, 1.807) is 0 Å². The van der Waals surface area contributed by atoms with E-state index < -0.39 is 0 Å². The van der Waals surface area contributed by atoms with E-state index in [1.165, 1.54) is 23.1 Å². The number of carbonyl (C=O) groups is 2. The third-order valence-electron chi connectivity index (χ3n) is 4.34. The van der Waals surface area contributed by atoms with Crippen molar-refractivity contribution in [1.29, 1.82) is 0 Å². The van der Waals surface area contributed by atoms with Crippen molar-refractivity contribution in [2.24, 2.45) is 0 Å². The molecule has 0 unspecified atom stereocenters. The van der Waals surface area contributed by atoms with Crippen molar-refractivity contribution in [3.8, 4) is 0 Å². The third kappa shape index (κ3) is 5.06. The molecule has 5 nitrogen and oxygen atoms in total. The number of hydrogen-bond donors (Lipinski definition) is 2. The second-order valence-electron chi connectivity index (χ2n) is 6.67. The molecule has 1 heterocycles. The molecule has 7 heteroatoms. The van der Waals surface area contributed by atoms with Gasteiger partial charge in [0, 0.05) is 21.5 Å². The highest BCUT2D eigenvalue weighted by atomic mass is 32.2. The zero-order valence-corrected chi connectivity index (χ0v) is 17.8. The molecule has 1 aromatic heterocycles. The van der Waals surface area contributed by atoms with Gasteiger partial charge in [-0.1, -0.05) is 36.4 Å². The van der Waals surface area contributed by atoms with E-state index in [0.29, 0.717) is 16.4 Å². The molecule has 0 spiro atoms. The van der Waals surface area contributed by atoms with Gasteiger partial charge in [-0.25, -0.2) is 4.98 Å². The van der Waals surface area contributed by atoms with Crippen LogP contribution in [0.5, 0.6) is 0 Å². The van der Waals surface area contributed by atoms with Crippen molar-refractivity contribution in [3.05, 3.63) is 83.4 Å². The van der Waals surface area contributed by atoms with Crippen LogP contribution in [-0.2, 0) is 4.79 Å². The molecule has 0 bridgehead atoms. The van der Waals surface area contributed by atoms with Gasteiger partial charge in [0.15, 0.2) is 5.13 Å². The maximum Gasteiger partial charge on any atom is 0.255 e. The molecule has 4 rings (SSSR count). The van der Waals surface area contributed by atoms with Gasteiger partial charge in [0.2, 0.25) is 5.91 Å². The van der Waals surface area contributed by atoms with Crippen LogP contribution in [0, 0.1) is 6.92 Å². The Balaban J connectivity index is 1.37. The maximum atomic E-state index is 12.7. The fraction of sp³-hybridized carbons (Fsp3) is 0.0870. The van der Waals surface area contributed by atoms with Crippen LogP contribution in [0.1, 0.15) is 16.1 Å². The second kappa shape index (κ2) is 9.11. The fourth-order valence-electron chi connectivity index (χ4n) is 2.91. The number of anilines is 2. The first-order chi connectivity index (χ1) is 14.6. The van der Waals surface area contributed by atoms with Crippen LogP contribution in [0.25, 0.3) is 10.8 Å². The maximum absolute atomic E-state index is 12.7. The zero-order valence-electron chi connectivity index (χ0n) is 16.2. The summed E-state index contributed by atoms with van der Waals surface area (Å²) < 4.78 is 0. The summed E-state index contributed by atoms with van der Waals surface area (Å²) in [6.45, 7) is 1.89.